The summed E-state index contributed by atoms with van der Waals surface area (Å²) >= 11 is 0. The van der Waals surface area contributed by atoms with E-state index in [2.05, 4.69) is 20.9 Å². The van der Waals surface area contributed by atoms with Crippen molar-refractivity contribution >= 4 is 23.9 Å². The molecule has 1 atom stereocenters. The van der Waals surface area contributed by atoms with Crippen molar-refractivity contribution in [2.24, 2.45) is 0 Å². The molecule has 148 valence electrons. The molecule has 0 bridgehead atoms. The molecule has 0 radical (unpaired) electrons. The van der Waals surface area contributed by atoms with Crippen LogP contribution in [0.4, 0.5) is 4.79 Å². The molecule has 0 aliphatic carbocycles. The number of hydrogen-bond acceptors (Lipinski definition) is 6. The lowest BCUT2D eigenvalue weighted by atomic mass is 10.1. The van der Waals surface area contributed by atoms with Gasteiger partial charge in [-0.25, -0.2) is 4.79 Å². The average molecular weight is 379 g/mol. The van der Waals surface area contributed by atoms with Crippen LogP contribution in [0.2, 0.25) is 0 Å². The van der Waals surface area contributed by atoms with Gasteiger partial charge in [0, 0.05) is 6.42 Å². The third-order valence-electron chi connectivity index (χ3n) is 3.15. The Labute approximate surface area is 157 Å². The van der Waals surface area contributed by atoms with Crippen LogP contribution in [0.5, 0.6) is 0 Å². The van der Waals surface area contributed by atoms with Gasteiger partial charge in [-0.05, 0) is 26.3 Å². The minimum Gasteiger partial charge on any atom is -0.469 e. The van der Waals surface area contributed by atoms with Crippen LogP contribution in [-0.2, 0) is 30.3 Å². The van der Waals surface area contributed by atoms with Crippen LogP contribution in [0.1, 0.15) is 32.8 Å². The smallest absolute Gasteiger partial charge is 0.408 e. The van der Waals surface area contributed by atoms with E-state index in [0.29, 0.717) is 0 Å². The summed E-state index contributed by atoms with van der Waals surface area (Å²) in [5.74, 6) is -2.15. The van der Waals surface area contributed by atoms with E-state index in [0.717, 1.165) is 12.7 Å². The summed E-state index contributed by atoms with van der Waals surface area (Å²) in [6, 6.07) is 8.03. The van der Waals surface area contributed by atoms with Gasteiger partial charge in [0.2, 0.25) is 5.91 Å². The first-order valence-corrected chi connectivity index (χ1v) is 8.29. The Bertz CT molecular complexity index is 669. The number of methoxy groups -OCH3 is 1. The summed E-state index contributed by atoms with van der Waals surface area (Å²) in [6.45, 7) is 5.10. The van der Waals surface area contributed by atoms with Crippen molar-refractivity contribution in [1.29, 1.82) is 0 Å². The van der Waals surface area contributed by atoms with Crippen molar-refractivity contribution in [3.05, 3.63) is 35.9 Å². The van der Waals surface area contributed by atoms with Gasteiger partial charge in [0.25, 0.3) is 5.91 Å². The van der Waals surface area contributed by atoms with Crippen LogP contribution in [0, 0.1) is 0 Å². The molecule has 0 aliphatic heterocycles. The lowest BCUT2D eigenvalue weighted by molar-refractivity contribution is -0.144. The zero-order valence-electron chi connectivity index (χ0n) is 15.8. The van der Waals surface area contributed by atoms with Gasteiger partial charge >= 0.3 is 12.1 Å². The molecule has 0 spiro atoms. The number of hydrazine groups is 1. The molecule has 1 aromatic rings. The van der Waals surface area contributed by atoms with Crippen LogP contribution in [0.3, 0.4) is 0 Å². The minimum absolute atomic E-state index is 0.179. The Hall–Kier alpha value is -3.10. The van der Waals surface area contributed by atoms with Crippen molar-refractivity contribution in [2.45, 2.75) is 45.3 Å². The Morgan fingerprint density at radius 1 is 1.04 bits per heavy atom. The number of ether oxygens (including phenoxy) is 2. The van der Waals surface area contributed by atoms with E-state index in [1.54, 1.807) is 45.0 Å². The first kappa shape index (κ1) is 21.9. The topological polar surface area (TPSA) is 123 Å². The molecule has 27 heavy (non-hydrogen) atoms. The molecule has 9 heteroatoms. The summed E-state index contributed by atoms with van der Waals surface area (Å²) in [4.78, 5) is 47.0. The molecule has 3 N–H and O–H groups in total. The predicted molar refractivity (Wildman–Crippen MR) is 96.2 cm³/mol. The van der Waals surface area contributed by atoms with Gasteiger partial charge in [0.1, 0.15) is 18.1 Å². The second kappa shape index (κ2) is 10.1. The molecule has 0 aromatic heterocycles. The molecule has 0 heterocycles. The van der Waals surface area contributed by atoms with Gasteiger partial charge in [0.05, 0.1) is 7.11 Å². The van der Waals surface area contributed by atoms with Gasteiger partial charge in [-0.2, -0.15) is 0 Å². The summed E-state index contributed by atoms with van der Waals surface area (Å²) in [5.41, 5.74) is 4.36. The van der Waals surface area contributed by atoms with Crippen LogP contribution in [-0.4, -0.2) is 42.6 Å². The van der Waals surface area contributed by atoms with Gasteiger partial charge in [-0.15, -0.1) is 0 Å². The predicted octanol–water partition coefficient (Wildman–Crippen LogP) is 0.833. The SMILES string of the molecule is COC(=O)CC(=O)NNC(=O)[C@H](Cc1ccccc1)NC(=O)OC(C)(C)C. The monoisotopic (exact) mass is 379 g/mol. The lowest BCUT2D eigenvalue weighted by Gasteiger charge is -2.23. The molecule has 9 nitrogen and oxygen atoms in total. The Kier molecular flexibility index (Phi) is 8.25. The third-order valence-corrected chi connectivity index (χ3v) is 3.15. The molecule has 0 saturated carbocycles. The highest BCUT2D eigenvalue weighted by Gasteiger charge is 2.25. The standard InChI is InChI=1S/C18H25N3O6/c1-18(2,3)27-17(25)19-13(10-12-8-6-5-7-9-12)16(24)21-20-14(22)11-15(23)26-4/h5-9,13H,10-11H2,1-4H3,(H,19,25)(H,20,22)(H,21,24)/t13-/m0/s1. The largest absolute Gasteiger partial charge is 0.469 e. The number of amides is 3. The fourth-order valence-corrected chi connectivity index (χ4v) is 1.97. The number of carbonyl (C=O) groups excluding carboxylic acids is 4. The van der Waals surface area contributed by atoms with E-state index in [9.17, 15) is 19.2 Å². The molecule has 0 aliphatic rings. The summed E-state index contributed by atoms with van der Waals surface area (Å²) < 4.78 is 9.54. The summed E-state index contributed by atoms with van der Waals surface area (Å²) in [6.07, 6.45) is -1.13. The van der Waals surface area contributed by atoms with E-state index < -0.39 is 41.9 Å². The summed E-state index contributed by atoms with van der Waals surface area (Å²) in [5, 5.41) is 2.48. The Morgan fingerprint density at radius 3 is 2.22 bits per heavy atom. The molecule has 0 fully saturated rings. The Morgan fingerprint density at radius 2 is 1.67 bits per heavy atom. The number of alkyl carbamates (subject to hydrolysis) is 1. The molecule has 1 rings (SSSR count). The second-order valence-electron chi connectivity index (χ2n) is 6.68. The van der Waals surface area contributed by atoms with Gasteiger partial charge in [-0.3, -0.25) is 25.2 Å². The van der Waals surface area contributed by atoms with Crippen molar-refractivity contribution in [3.8, 4) is 0 Å². The third kappa shape index (κ3) is 9.24. The summed E-state index contributed by atoms with van der Waals surface area (Å²) in [7, 11) is 1.15. The first-order chi connectivity index (χ1) is 12.6. The maximum absolute atomic E-state index is 12.4. The van der Waals surface area contributed by atoms with Crippen molar-refractivity contribution < 1.29 is 28.7 Å². The maximum atomic E-state index is 12.4. The van der Waals surface area contributed by atoms with Crippen LogP contribution in [0.15, 0.2) is 30.3 Å². The van der Waals surface area contributed by atoms with Crippen LogP contribution in [0.25, 0.3) is 0 Å². The zero-order chi connectivity index (χ0) is 20.4. The van der Waals surface area contributed by atoms with Crippen molar-refractivity contribution in [2.75, 3.05) is 7.11 Å². The molecule has 0 saturated heterocycles. The average Bonchev–Trinajstić information content (AvgIpc) is 2.58. The van der Waals surface area contributed by atoms with E-state index in [1.807, 2.05) is 6.07 Å². The number of esters is 1. The minimum atomic E-state index is -0.999. The van der Waals surface area contributed by atoms with Gasteiger partial charge in [0.15, 0.2) is 0 Å². The highest BCUT2D eigenvalue weighted by atomic mass is 16.6. The number of carbonyl (C=O) groups is 4. The number of rotatable bonds is 6. The van der Waals surface area contributed by atoms with Crippen LogP contribution < -0.4 is 16.2 Å². The van der Waals surface area contributed by atoms with E-state index in [4.69, 9.17) is 4.74 Å². The molecule has 1 aromatic carbocycles. The van der Waals surface area contributed by atoms with Crippen LogP contribution >= 0.6 is 0 Å². The number of hydrogen-bond donors (Lipinski definition) is 3. The Balaban J connectivity index is 2.74. The number of benzene rings is 1. The molecule has 3 amide bonds. The highest BCUT2D eigenvalue weighted by Crippen LogP contribution is 2.08. The second-order valence-corrected chi connectivity index (χ2v) is 6.68. The van der Waals surface area contributed by atoms with Crippen molar-refractivity contribution in [3.63, 3.8) is 0 Å². The lowest BCUT2D eigenvalue weighted by Crippen LogP contribution is -2.54. The van der Waals surface area contributed by atoms with E-state index in [-0.39, 0.29) is 6.42 Å². The molecule has 0 unspecified atom stereocenters. The highest BCUT2D eigenvalue weighted by molar-refractivity contribution is 5.95. The molecular weight excluding hydrogens is 354 g/mol. The fraction of sp³-hybridized carbons (Fsp3) is 0.444. The van der Waals surface area contributed by atoms with E-state index >= 15 is 0 Å². The maximum Gasteiger partial charge on any atom is 0.408 e. The zero-order valence-corrected chi connectivity index (χ0v) is 15.8. The van der Waals surface area contributed by atoms with Gasteiger partial charge < -0.3 is 14.8 Å². The molecular formula is C18H25N3O6. The first-order valence-electron chi connectivity index (χ1n) is 8.29. The fourth-order valence-electron chi connectivity index (χ4n) is 1.97. The quantitative estimate of drug-likeness (QED) is 0.382. The van der Waals surface area contributed by atoms with Gasteiger partial charge in [-0.1, -0.05) is 30.3 Å². The van der Waals surface area contributed by atoms with Crippen molar-refractivity contribution in [1.82, 2.24) is 16.2 Å². The van der Waals surface area contributed by atoms with E-state index in [1.165, 1.54) is 0 Å². The number of nitrogens with one attached hydrogen (secondary N) is 3. The normalized spacial score (nSPS) is 11.7.